The van der Waals surface area contributed by atoms with Crippen molar-refractivity contribution in [1.82, 2.24) is 9.88 Å². The van der Waals surface area contributed by atoms with E-state index in [9.17, 15) is 4.79 Å². The predicted octanol–water partition coefficient (Wildman–Crippen LogP) is 4.29. The second-order valence-corrected chi connectivity index (χ2v) is 8.87. The molecular weight excluding hydrogens is 342 g/mol. The van der Waals surface area contributed by atoms with E-state index in [0.717, 1.165) is 50.6 Å². The third kappa shape index (κ3) is 3.25. The lowest BCUT2D eigenvalue weighted by molar-refractivity contribution is -0.145. The highest BCUT2D eigenvalue weighted by molar-refractivity contribution is 7.13. The van der Waals surface area contributed by atoms with Crippen LogP contribution in [0.5, 0.6) is 0 Å². The van der Waals surface area contributed by atoms with Gasteiger partial charge < -0.3 is 9.80 Å². The Labute approximate surface area is 159 Å². The molecule has 138 valence electrons. The van der Waals surface area contributed by atoms with E-state index >= 15 is 0 Å². The zero-order valence-corrected chi connectivity index (χ0v) is 16.5. The minimum Gasteiger partial charge on any atom is -0.347 e. The number of aromatic nitrogens is 1. The van der Waals surface area contributed by atoms with Gasteiger partial charge in [-0.15, -0.1) is 11.3 Å². The molecule has 2 fully saturated rings. The quantitative estimate of drug-likeness (QED) is 0.807. The van der Waals surface area contributed by atoms with Crippen LogP contribution in [-0.2, 0) is 11.3 Å². The summed E-state index contributed by atoms with van der Waals surface area (Å²) in [6.07, 6.45) is 4.91. The van der Waals surface area contributed by atoms with E-state index in [1.165, 1.54) is 11.1 Å². The minimum absolute atomic E-state index is 0.207. The number of hydrogen-bond acceptors (Lipinski definition) is 4. The van der Waals surface area contributed by atoms with Gasteiger partial charge in [0.2, 0.25) is 5.91 Å². The van der Waals surface area contributed by atoms with E-state index in [1.807, 2.05) is 11.6 Å². The molecule has 5 heteroatoms. The number of thiazole rings is 1. The van der Waals surface area contributed by atoms with Crippen LogP contribution in [0.2, 0.25) is 0 Å². The smallest absolute Gasteiger partial charge is 0.230 e. The second-order valence-electron chi connectivity index (χ2n) is 7.99. The van der Waals surface area contributed by atoms with E-state index in [-0.39, 0.29) is 5.41 Å². The lowest BCUT2D eigenvalue weighted by atomic mass is 9.78. The first-order chi connectivity index (χ1) is 12.6. The molecule has 0 unspecified atom stereocenters. The summed E-state index contributed by atoms with van der Waals surface area (Å²) in [6, 6.07) is 8.76. The molecule has 26 heavy (non-hydrogen) atoms. The van der Waals surface area contributed by atoms with E-state index in [4.69, 9.17) is 0 Å². The lowest BCUT2D eigenvalue weighted by Gasteiger charge is -2.39. The number of anilines is 1. The van der Waals surface area contributed by atoms with Crippen molar-refractivity contribution in [2.75, 3.05) is 24.5 Å². The SMILES string of the molecule is CC(C)c1ccc(CN2CCC[C@]3(CCN(c4nccs4)C3)C2=O)cc1. The Bertz CT molecular complexity index is 756. The van der Waals surface area contributed by atoms with Gasteiger partial charge in [-0.1, -0.05) is 38.1 Å². The fourth-order valence-corrected chi connectivity index (χ4v) is 4.99. The molecule has 2 aliphatic heterocycles. The molecule has 1 aromatic carbocycles. The minimum atomic E-state index is -0.207. The summed E-state index contributed by atoms with van der Waals surface area (Å²) in [5, 5.41) is 3.06. The molecule has 3 heterocycles. The zero-order chi connectivity index (χ0) is 18.1. The van der Waals surface area contributed by atoms with Crippen LogP contribution in [0.1, 0.15) is 50.2 Å². The summed E-state index contributed by atoms with van der Waals surface area (Å²) >= 11 is 1.67. The van der Waals surface area contributed by atoms with Gasteiger partial charge in [0.25, 0.3) is 0 Å². The Morgan fingerprint density at radius 3 is 2.69 bits per heavy atom. The number of hydrogen-bond donors (Lipinski definition) is 0. The molecule has 0 N–H and O–H groups in total. The molecule has 2 saturated heterocycles. The van der Waals surface area contributed by atoms with Crippen molar-refractivity contribution in [3.63, 3.8) is 0 Å². The Hall–Kier alpha value is -1.88. The Kier molecular flexibility index (Phi) is 4.74. The summed E-state index contributed by atoms with van der Waals surface area (Å²) < 4.78 is 0. The molecule has 4 rings (SSSR count). The van der Waals surface area contributed by atoms with Gasteiger partial charge in [0.05, 0.1) is 5.41 Å². The molecule has 1 amide bonds. The van der Waals surface area contributed by atoms with E-state index in [1.54, 1.807) is 11.3 Å². The Morgan fingerprint density at radius 2 is 2.00 bits per heavy atom. The molecule has 1 aromatic heterocycles. The van der Waals surface area contributed by atoms with Gasteiger partial charge in [-0.25, -0.2) is 4.98 Å². The number of benzene rings is 1. The van der Waals surface area contributed by atoms with Crippen molar-refractivity contribution in [3.05, 3.63) is 47.0 Å². The van der Waals surface area contributed by atoms with Gasteiger partial charge in [0.15, 0.2) is 5.13 Å². The van der Waals surface area contributed by atoms with Crippen LogP contribution in [0.15, 0.2) is 35.8 Å². The van der Waals surface area contributed by atoms with Crippen molar-refractivity contribution in [3.8, 4) is 0 Å². The number of piperidine rings is 1. The van der Waals surface area contributed by atoms with E-state index in [0.29, 0.717) is 11.8 Å². The Morgan fingerprint density at radius 1 is 1.19 bits per heavy atom. The lowest BCUT2D eigenvalue weighted by Crippen LogP contribution is -2.49. The van der Waals surface area contributed by atoms with E-state index < -0.39 is 0 Å². The first-order valence-corrected chi connectivity index (χ1v) is 10.5. The van der Waals surface area contributed by atoms with Gasteiger partial charge >= 0.3 is 0 Å². The molecule has 0 bridgehead atoms. The zero-order valence-electron chi connectivity index (χ0n) is 15.6. The van der Waals surface area contributed by atoms with Crippen LogP contribution < -0.4 is 4.90 Å². The van der Waals surface area contributed by atoms with Crippen molar-refractivity contribution < 1.29 is 4.79 Å². The number of amides is 1. The average Bonchev–Trinajstić information content (AvgIpc) is 3.30. The monoisotopic (exact) mass is 369 g/mol. The van der Waals surface area contributed by atoms with Gasteiger partial charge in [0.1, 0.15) is 0 Å². The maximum absolute atomic E-state index is 13.3. The van der Waals surface area contributed by atoms with Crippen molar-refractivity contribution in [2.24, 2.45) is 5.41 Å². The van der Waals surface area contributed by atoms with Crippen LogP contribution in [-0.4, -0.2) is 35.4 Å². The van der Waals surface area contributed by atoms with Crippen molar-refractivity contribution >= 4 is 22.4 Å². The Balaban J connectivity index is 1.46. The van der Waals surface area contributed by atoms with Crippen LogP contribution in [0.25, 0.3) is 0 Å². The van der Waals surface area contributed by atoms with Crippen LogP contribution in [0, 0.1) is 5.41 Å². The molecule has 1 spiro atoms. The van der Waals surface area contributed by atoms with Crippen LogP contribution in [0.4, 0.5) is 5.13 Å². The van der Waals surface area contributed by atoms with Gasteiger partial charge in [-0.2, -0.15) is 0 Å². The molecule has 1 atom stereocenters. The van der Waals surface area contributed by atoms with Crippen molar-refractivity contribution in [2.45, 2.75) is 45.6 Å². The van der Waals surface area contributed by atoms with E-state index in [2.05, 4.69) is 52.9 Å². The van der Waals surface area contributed by atoms with Crippen LogP contribution >= 0.6 is 11.3 Å². The summed E-state index contributed by atoms with van der Waals surface area (Å²) in [5.74, 6) is 0.884. The summed E-state index contributed by atoms with van der Waals surface area (Å²) in [5.41, 5.74) is 2.38. The molecule has 4 nitrogen and oxygen atoms in total. The largest absolute Gasteiger partial charge is 0.347 e. The maximum atomic E-state index is 13.3. The highest BCUT2D eigenvalue weighted by atomic mass is 32.1. The molecule has 0 radical (unpaired) electrons. The number of carbonyl (C=O) groups excluding carboxylic acids is 1. The number of rotatable bonds is 4. The fraction of sp³-hybridized carbons (Fsp3) is 0.524. The second kappa shape index (κ2) is 7.03. The predicted molar refractivity (Wildman–Crippen MR) is 107 cm³/mol. The van der Waals surface area contributed by atoms with Gasteiger partial charge in [-0.3, -0.25) is 4.79 Å². The van der Waals surface area contributed by atoms with Crippen LogP contribution in [0.3, 0.4) is 0 Å². The number of nitrogens with zero attached hydrogens (tertiary/aromatic N) is 3. The first-order valence-electron chi connectivity index (χ1n) is 9.60. The normalized spacial score (nSPS) is 23.4. The average molecular weight is 370 g/mol. The third-order valence-electron chi connectivity index (χ3n) is 5.89. The molecule has 0 aliphatic carbocycles. The molecular formula is C21H27N3OS. The first kappa shape index (κ1) is 17.5. The fourth-order valence-electron chi connectivity index (χ4n) is 4.32. The maximum Gasteiger partial charge on any atom is 0.230 e. The number of carbonyl (C=O) groups is 1. The highest BCUT2D eigenvalue weighted by Crippen LogP contribution is 2.42. The highest BCUT2D eigenvalue weighted by Gasteiger charge is 2.48. The summed E-state index contributed by atoms with van der Waals surface area (Å²) in [4.78, 5) is 22.1. The van der Waals surface area contributed by atoms with Gasteiger partial charge in [0, 0.05) is 37.8 Å². The molecule has 0 saturated carbocycles. The standard InChI is InChI=1S/C21H27N3OS/c1-16(2)18-6-4-17(5-7-18)14-23-11-3-8-21(19(23)25)9-12-24(15-21)20-22-10-13-26-20/h4-7,10,13,16H,3,8-9,11-12,14-15H2,1-2H3/t21-/m1/s1. The third-order valence-corrected chi connectivity index (χ3v) is 6.72. The molecule has 2 aliphatic rings. The molecule has 2 aromatic rings. The summed E-state index contributed by atoms with van der Waals surface area (Å²) in [7, 11) is 0. The topological polar surface area (TPSA) is 36.4 Å². The van der Waals surface area contributed by atoms with Gasteiger partial charge in [-0.05, 0) is 36.3 Å². The summed E-state index contributed by atoms with van der Waals surface area (Å²) in [6.45, 7) is 7.79. The number of likely N-dealkylation sites (tertiary alicyclic amines) is 1. The van der Waals surface area contributed by atoms with Crippen molar-refractivity contribution in [1.29, 1.82) is 0 Å².